The first-order valence-corrected chi connectivity index (χ1v) is 9.11. The van der Waals surface area contributed by atoms with Gasteiger partial charge < -0.3 is 16.0 Å². The Morgan fingerprint density at radius 2 is 1.67 bits per heavy atom. The van der Waals surface area contributed by atoms with E-state index in [0.29, 0.717) is 6.54 Å². The summed E-state index contributed by atoms with van der Waals surface area (Å²) in [4.78, 5) is 24.2. The van der Waals surface area contributed by atoms with Gasteiger partial charge in [-0.2, -0.15) is 0 Å². The molecule has 3 amide bonds. The van der Waals surface area contributed by atoms with Crippen LogP contribution in [0.4, 0.5) is 16.2 Å². The summed E-state index contributed by atoms with van der Waals surface area (Å²) in [6.45, 7) is 0.379. The summed E-state index contributed by atoms with van der Waals surface area (Å²) < 4.78 is 0. The van der Waals surface area contributed by atoms with E-state index >= 15 is 0 Å². The van der Waals surface area contributed by atoms with E-state index in [9.17, 15) is 9.59 Å². The molecule has 0 heterocycles. The van der Waals surface area contributed by atoms with Gasteiger partial charge in [-0.1, -0.05) is 48.5 Å². The van der Waals surface area contributed by atoms with Crippen LogP contribution in [-0.4, -0.2) is 11.9 Å². The summed E-state index contributed by atoms with van der Waals surface area (Å²) in [5.41, 5.74) is 2.47. The number of carbonyl (C=O) groups excluding carboxylic acids is 2. The standard InChI is InChI=1S/C22H21N3O2/c26-21(17-11-12-17)24-18-8-3-5-15(13-18)14-23-22(27)25-20-10-4-7-16-6-1-2-9-19(16)20/h1-10,13,17H,11-12,14H2,(H,24,26)(H2,23,25,27). The Morgan fingerprint density at radius 3 is 2.52 bits per heavy atom. The van der Waals surface area contributed by atoms with E-state index in [4.69, 9.17) is 0 Å². The lowest BCUT2D eigenvalue weighted by Crippen LogP contribution is -2.28. The van der Waals surface area contributed by atoms with Gasteiger partial charge in [-0.3, -0.25) is 4.79 Å². The molecule has 0 radical (unpaired) electrons. The average Bonchev–Trinajstić information content (AvgIpc) is 3.52. The third-order valence-corrected chi connectivity index (χ3v) is 4.63. The SMILES string of the molecule is O=C(NCc1cccc(NC(=O)C2CC2)c1)Nc1cccc2ccccc12. The molecule has 5 heteroatoms. The molecule has 136 valence electrons. The van der Waals surface area contributed by atoms with E-state index in [0.717, 1.165) is 40.6 Å². The van der Waals surface area contributed by atoms with Crippen LogP contribution >= 0.6 is 0 Å². The highest BCUT2D eigenvalue weighted by molar-refractivity contribution is 6.01. The van der Waals surface area contributed by atoms with E-state index in [1.165, 1.54) is 0 Å². The molecule has 0 bridgehead atoms. The van der Waals surface area contributed by atoms with E-state index < -0.39 is 0 Å². The largest absolute Gasteiger partial charge is 0.334 e. The van der Waals surface area contributed by atoms with Crippen LogP contribution in [0.3, 0.4) is 0 Å². The second kappa shape index (κ2) is 7.50. The fourth-order valence-electron chi connectivity index (χ4n) is 3.03. The Morgan fingerprint density at radius 1 is 0.889 bits per heavy atom. The second-order valence-corrected chi connectivity index (χ2v) is 6.80. The fourth-order valence-corrected chi connectivity index (χ4v) is 3.03. The molecule has 1 aliphatic rings. The van der Waals surface area contributed by atoms with Gasteiger partial charge in [0.1, 0.15) is 0 Å². The van der Waals surface area contributed by atoms with Crippen molar-refractivity contribution in [3.8, 4) is 0 Å². The smallest absolute Gasteiger partial charge is 0.319 e. The highest BCUT2D eigenvalue weighted by atomic mass is 16.2. The zero-order valence-corrected chi connectivity index (χ0v) is 14.9. The molecule has 3 aromatic rings. The number of rotatable bonds is 5. The first-order valence-electron chi connectivity index (χ1n) is 9.11. The highest BCUT2D eigenvalue weighted by Gasteiger charge is 2.29. The molecular formula is C22H21N3O2. The van der Waals surface area contributed by atoms with Crippen molar-refractivity contribution in [3.63, 3.8) is 0 Å². The summed E-state index contributed by atoms with van der Waals surface area (Å²) in [6, 6.07) is 21.0. The van der Waals surface area contributed by atoms with Crippen LogP contribution in [0.15, 0.2) is 66.7 Å². The van der Waals surface area contributed by atoms with Gasteiger partial charge in [0.05, 0.1) is 5.69 Å². The molecule has 0 aromatic heterocycles. The number of benzene rings is 3. The zero-order valence-electron chi connectivity index (χ0n) is 14.9. The Bertz CT molecular complexity index is 990. The van der Waals surface area contributed by atoms with Crippen molar-refractivity contribution < 1.29 is 9.59 Å². The van der Waals surface area contributed by atoms with Gasteiger partial charge >= 0.3 is 6.03 Å². The molecule has 3 aromatic carbocycles. The number of anilines is 2. The van der Waals surface area contributed by atoms with Gasteiger partial charge in [0.25, 0.3) is 0 Å². The first-order chi connectivity index (χ1) is 13.2. The molecule has 4 rings (SSSR count). The summed E-state index contributed by atoms with van der Waals surface area (Å²) in [5, 5.41) is 10.8. The molecule has 0 atom stereocenters. The molecular weight excluding hydrogens is 338 g/mol. The molecule has 0 aliphatic heterocycles. The number of hydrogen-bond donors (Lipinski definition) is 3. The minimum absolute atomic E-state index is 0.0776. The molecule has 5 nitrogen and oxygen atoms in total. The number of carbonyl (C=O) groups is 2. The zero-order chi connectivity index (χ0) is 18.6. The van der Waals surface area contributed by atoms with Crippen molar-refractivity contribution in [1.82, 2.24) is 5.32 Å². The lowest BCUT2D eigenvalue weighted by atomic mass is 10.1. The predicted octanol–water partition coefficient (Wildman–Crippen LogP) is 4.51. The van der Waals surface area contributed by atoms with Crippen LogP contribution < -0.4 is 16.0 Å². The van der Waals surface area contributed by atoms with Crippen LogP contribution in [0, 0.1) is 5.92 Å². The van der Waals surface area contributed by atoms with Crippen LogP contribution in [0.2, 0.25) is 0 Å². The maximum absolute atomic E-state index is 12.3. The number of amides is 3. The summed E-state index contributed by atoms with van der Waals surface area (Å²) in [6.07, 6.45) is 1.95. The Kier molecular flexibility index (Phi) is 4.75. The Labute approximate surface area is 157 Å². The molecule has 0 spiro atoms. The van der Waals surface area contributed by atoms with Gasteiger partial charge in [-0.25, -0.2) is 4.79 Å². The highest BCUT2D eigenvalue weighted by Crippen LogP contribution is 2.30. The summed E-state index contributed by atoms with van der Waals surface area (Å²) in [5.74, 6) is 0.243. The predicted molar refractivity (Wildman–Crippen MR) is 108 cm³/mol. The molecule has 27 heavy (non-hydrogen) atoms. The van der Waals surface area contributed by atoms with Crippen LogP contribution in [-0.2, 0) is 11.3 Å². The van der Waals surface area contributed by atoms with Crippen molar-refractivity contribution in [2.24, 2.45) is 5.92 Å². The second-order valence-electron chi connectivity index (χ2n) is 6.80. The van der Waals surface area contributed by atoms with Crippen LogP contribution in [0.25, 0.3) is 10.8 Å². The number of hydrogen-bond acceptors (Lipinski definition) is 2. The van der Waals surface area contributed by atoms with Crippen molar-refractivity contribution in [3.05, 3.63) is 72.3 Å². The minimum Gasteiger partial charge on any atom is -0.334 e. The number of urea groups is 1. The normalized spacial score (nSPS) is 13.2. The van der Waals surface area contributed by atoms with Crippen LogP contribution in [0.1, 0.15) is 18.4 Å². The third-order valence-electron chi connectivity index (χ3n) is 4.63. The van der Waals surface area contributed by atoms with Gasteiger partial charge in [0, 0.05) is 23.5 Å². The molecule has 1 aliphatic carbocycles. The molecule has 1 saturated carbocycles. The summed E-state index contributed by atoms with van der Waals surface area (Å²) >= 11 is 0. The molecule has 3 N–H and O–H groups in total. The Hall–Kier alpha value is -3.34. The van der Waals surface area contributed by atoms with Gasteiger partial charge in [0.2, 0.25) is 5.91 Å². The van der Waals surface area contributed by atoms with E-state index in [2.05, 4.69) is 16.0 Å². The molecule has 0 saturated heterocycles. The third kappa shape index (κ3) is 4.26. The maximum Gasteiger partial charge on any atom is 0.319 e. The van der Waals surface area contributed by atoms with E-state index in [1.807, 2.05) is 66.7 Å². The van der Waals surface area contributed by atoms with Gasteiger partial charge in [0.15, 0.2) is 0 Å². The van der Waals surface area contributed by atoms with E-state index in [1.54, 1.807) is 0 Å². The molecule has 0 unspecified atom stereocenters. The van der Waals surface area contributed by atoms with Crippen LogP contribution in [0.5, 0.6) is 0 Å². The number of nitrogens with one attached hydrogen (secondary N) is 3. The molecule has 1 fully saturated rings. The Balaban J connectivity index is 1.37. The van der Waals surface area contributed by atoms with Crippen molar-refractivity contribution in [2.75, 3.05) is 10.6 Å². The lowest BCUT2D eigenvalue weighted by Gasteiger charge is -2.11. The fraction of sp³-hybridized carbons (Fsp3) is 0.182. The van der Waals surface area contributed by atoms with Gasteiger partial charge in [-0.15, -0.1) is 0 Å². The topological polar surface area (TPSA) is 70.2 Å². The average molecular weight is 359 g/mol. The summed E-state index contributed by atoms with van der Waals surface area (Å²) in [7, 11) is 0. The quantitative estimate of drug-likeness (QED) is 0.627. The maximum atomic E-state index is 12.3. The lowest BCUT2D eigenvalue weighted by molar-refractivity contribution is -0.117. The minimum atomic E-state index is -0.265. The first kappa shape index (κ1) is 17.1. The van der Waals surface area contributed by atoms with Gasteiger partial charge in [-0.05, 0) is 42.0 Å². The van der Waals surface area contributed by atoms with Crippen molar-refractivity contribution >= 4 is 34.1 Å². The number of fused-ring (bicyclic) bond motifs is 1. The van der Waals surface area contributed by atoms with E-state index in [-0.39, 0.29) is 17.9 Å². The monoisotopic (exact) mass is 359 g/mol. The van der Waals surface area contributed by atoms with Crippen molar-refractivity contribution in [2.45, 2.75) is 19.4 Å². The van der Waals surface area contributed by atoms with Crippen molar-refractivity contribution in [1.29, 1.82) is 0 Å².